The quantitative estimate of drug-likeness (QED) is 0.794. The van der Waals surface area contributed by atoms with Crippen LogP contribution in [-0.4, -0.2) is 23.2 Å². The largest absolute Gasteiger partial charge is 0.388 e. The molecule has 1 amide bonds. The number of carbonyl (C=O) groups excluding carboxylic acids is 1. The summed E-state index contributed by atoms with van der Waals surface area (Å²) in [6, 6.07) is 7.10. The zero-order valence-electron chi connectivity index (χ0n) is 10.2. The summed E-state index contributed by atoms with van der Waals surface area (Å²) in [6.07, 6.45) is 0.596. The van der Waals surface area contributed by atoms with Gasteiger partial charge in [-0.15, -0.1) is 11.6 Å². The molecule has 0 aliphatic heterocycles. The minimum Gasteiger partial charge on any atom is -0.388 e. The van der Waals surface area contributed by atoms with Crippen LogP contribution in [0, 0.1) is 0 Å². The molecule has 0 aliphatic rings. The van der Waals surface area contributed by atoms with E-state index in [1.54, 1.807) is 19.1 Å². The van der Waals surface area contributed by atoms with E-state index >= 15 is 0 Å². The first-order chi connectivity index (χ1) is 7.98. The maximum absolute atomic E-state index is 11.8. The van der Waals surface area contributed by atoms with Gasteiger partial charge in [-0.3, -0.25) is 4.79 Å². The van der Waals surface area contributed by atoms with Gasteiger partial charge in [0.15, 0.2) is 0 Å². The van der Waals surface area contributed by atoms with Crippen LogP contribution in [0.1, 0.15) is 36.2 Å². The average molecular weight is 256 g/mol. The Bertz CT molecular complexity index is 374. The van der Waals surface area contributed by atoms with Crippen molar-refractivity contribution < 1.29 is 9.90 Å². The third kappa shape index (κ3) is 4.36. The van der Waals surface area contributed by atoms with Crippen molar-refractivity contribution in [2.24, 2.45) is 0 Å². The second-order valence-electron chi connectivity index (χ2n) is 4.36. The number of rotatable bonds is 5. The van der Waals surface area contributed by atoms with Gasteiger partial charge in [0.1, 0.15) is 0 Å². The Labute approximate surface area is 107 Å². The van der Waals surface area contributed by atoms with Crippen LogP contribution in [0.5, 0.6) is 0 Å². The molecule has 0 saturated heterocycles. The lowest BCUT2D eigenvalue weighted by Gasteiger charge is -2.21. The number of hydrogen-bond donors (Lipinski definition) is 2. The van der Waals surface area contributed by atoms with Gasteiger partial charge < -0.3 is 10.4 Å². The fourth-order valence-corrected chi connectivity index (χ4v) is 1.42. The summed E-state index contributed by atoms with van der Waals surface area (Å²) in [6.45, 7) is 3.82. The molecule has 0 spiro atoms. The predicted molar refractivity (Wildman–Crippen MR) is 69.2 cm³/mol. The van der Waals surface area contributed by atoms with Gasteiger partial charge in [-0.2, -0.15) is 0 Å². The molecule has 1 aromatic rings. The Kier molecular flexibility index (Phi) is 4.97. The van der Waals surface area contributed by atoms with Gasteiger partial charge in [-0.25, -0.2) is 0 Å². The Hall–Kier alpha value is -1.06. The first-order valence-corrected chi connectivity index (χ1v) is 6.17. The highest BCUT2D eigenvalue weighted by Gasteiger charge is 2.18. The second-order valence-corrected chi connectivity index (χ2v) is 4.63. The number of benzene rings is 1. The number of hydrogen-bond acceptors (Lipinski definition) is 2. The molecule has 4 heteroatoms. The minimum absolute atomic E-state index is 0.181. The van der Waals surface area contributed by atoms with E-state index < -0.39 is 5.60 Å². The van der Waals surface area contributed by atoms with Gasteiger partial charge in [0, 0.05) is 18.0 Å². The normalized spacial score (nSPS) is 14.1. The van der Waals surface area contributed by atoms with Crippen molar-refractivity contribution in [3.8, 4) is 0 Å². The van der Waals surface area contributed by atoms with Crippen LogP contribution in [0.3, 0.4) is 0 Å². The Morgan fingerprint density at radius 1 is 1.41 bits per heavy atom. The minimum atomic E-state index is -0.855. The van der Waals surface area contributed by atoms with Crippen molar-refractivity contribution in [2.75, 3.05) is 6.54 Å². The zero-order chi connectivity index (χ0) is 12.9. The molecular weight excluding hydrogens is 238 g/mol. The predicted octanol–water partition coefficient (Wildman–Crippen LogP) is 2.32. The standard InChI is InChI=1S/C13H18ClNO2/c1-3-13(2,17)9-15-12(16)11-6-4-10(8-14)5-7-11/h4-7,17H,3,8-9H2,1-2H3,(H,15,16). The molecule has 0 aliphatic carbocycles. The topological polar surface area (TPSA) is 49.3 Å². The van der Waals surface area contributed by atoms with Crippen LogP contribution in [0.2, 0.25) is 0 Å². The van der Waals surface area contributed by atoms with E-state index in [0.717, 1.165) is 5.56 Å². The van der Waals surface area contributed by atoms with E-state index in [1.807, 2.05) is 19.1 Å². The third-order valence-electron chi connectivity index (χ3n) is 2.76. The molecule has 2 N–H and O–H groups in total. The molecule has 3 nitrogen and oxygen atoms in total. The van der Waals surface area contributed by atoms with Gasteiger partial charge >= 0.3 is 0 Å². The van der Waals surface area contributed by atoms with E-state index in [4.69, 9.17) is 11.6 Å². The molecule has 17 heavy (non-hydrogen) atoms. The molecule has 1 rings (SSSR count). The summed E-state index contributed by atoms with van der Waals surface area (Å²) in [5, 5.41) is 12.5. The van der Waals surface area contributed by atoms with Crippen molar-refractivity contribution in [1.82, 2.24) is 5.32 Å². The zero-order valence-corrected chi connectivity index (χ0v) is 10.9. The van der Waals surface area contributed by atoms with Crippen LogP contribution < -0.4 is 5.32 Å². The van der Waals surface area contributed by atoms with Crippen molar-refractivity contribution in [2.45, 2.75) is 31.7 Å². The molecule has 1 unspecified atom stereocenters. The lowest BCUT2D eigenvalue weighted by atomic mass is 10.0. The van der Waals surface area contributed by atoms with Gasteiger partial charge in [-0.05, 0) is 31.0 Å². The van der Waals surface area contributed by atoms with Gasteiger partial charge in [0.25, 0.3) is 5.91 Å². The molecular formula is C13H18ClNO2. The summed E-state index contributed by atoms with van der Waals surface area (Å²) in [5.74, 6) is 0.256. The van der Waals surface area contributed by atoms with E-state index in [0.29, 0.717) is 17.9 Å². The number of nitrogens with one attached hydrogen (secondary N) is 1. The first-order valence-electron chi connectivity index (χ1n) is 5.64. The van der Waals surface area contributed by atoms with Crippen molar-refractivity contribution in [3.05, 3.63) is 35.4 Å². The van der Waals surface area contributed by atoms with Crippen LogP contribution in [-0.2, 0) is 5.88 Å². The fraction of sp³-hybridized carbons (Fsp3) is 0.462. The maximum Gasteiger partial charge on any atom is 0.251 e. The van der Waals surface area contributed by atoms with Gasteiger partial charge in [0.05, 0.1) is 5.60 Å². The molecule has 0 aromatic heterocycles. The van der Waals surface area contributed by atoms with Gasteiger partial charge in [-0.1, -0.05) is 19.1 Å². The number of amides is 1. The summed E-state index contributed by atoms with van der Waals surface area (Å²) in [7, 11) is 0. The molecule has 0 heterocycles. The average Bonchev–Trinajstić information content (AvgIpc) is 2.36. The molecule has 1 aromatic carbocycles. The summed E-state index contributed by atoms with van der Waals surface area (Å²) in [4.78, 5) is 11.8. The monoisotopic (exact) mass is 255 g/mol. The van der Waals surface area contributed by atoms with E-state index in [9.17, 15) is 9.90 Å². The Morgan fingerprint density at radius 2 is 2.00 bits per heavy atom. The summed E-state index contributed by atoms with van der Waals surface area (Å²) < 4.78 is 0. The SMILES string of the molecule is CCC(C)(O)CNC(=O)c1ccc(CCl)cc1. The Morgan fingerprint density at radius 3 is 2.47 bits per heavy atom. The molecule has 0 fully saturated rings. The molecule has 94 valence electrons. The van der Waals surface area contributed by atoms with Crippen molar-refractivity contribution >= 4 is 17.5 Å². The number of alkyl halides is 1. The van der Waals surface area contributed by atoms with Gasteiger partial charge in [0.2, 0.25) is 0 Å². The summed E-state index contributed by atoms with van der Waals surface area (Å²) >= 11 is 5.67. The fourth-order valence-electron chi connectivity index (χ4n) is 1.24. The molecule has 0 bridgehead atoms. The highest BCUT2D eigenvalue weighted by molar-refractivity contribution is 6.17. The van der Waals surface area contributed by atoms with Crippen molar-refractivity contribution in [1.29, 1.82) is 0 Å². The van der Waals surface area contributed by atoms with E-state index in [1.165, 1.54) is 0 Å². The van der Waals surface area contributed by atoms with Crippen LogP contribution in [0.25, 0.3) is 0 Å². The first kappa shape index (κ1) is 14.0. The van der Waals surface area contributed by atoms with Crippen LogP contribution in [0.4, 0.5) is 0 Å². The Balaban J connectivity index is 2.58. The highest BCUT2D eigenvalue weighted by atomic mass is 35.5. The van der Waals surface area contributed by atoms with Crippen LogP contribution >= 0.6 is 11.6 Å². The second kappa shape index (κ2) is 6.03. The maximum atomic E-state index is 11.8. The summed E-state index contributed by atoms with van der Waals surface area (Å²) in [5.41, 5.74) is 0.695. The molecule has 1 atom stereocenters. The third-order valence-corrected chi connectivity index (χ3v) is 3.07. The molecule has 0 saturated carbocycles. The van der Waals surface area contributed by atoms with E-state index in [2.05, 4.69) is 5.32 Å². The number of carbonyl (C=O) groups is 1. The molecule has 0 radical (unpaired) electrons. The van der Waals surface area contributed by atoms with Crippen LogP contribution in [0.15, 0.2) is 24.3 Å². The number of aliphatic hydroxyl groups is 1. The smallest absolute Gasteiger partial charge is 0.251 e. The van der Waals surface area contributed by atoms with E-state index in [-0.39, 0.29) is 12.5 Å². The highest BCUT2D eigenvalue weighted by Crippen LogP contribution is 2.09. The number of halogens is 1. The lowest BCUT2D eigenvalue weighted by molar-refractivity contribution is 0.0518. The lowest BCUT2D eigenvalue weighted by Crippen LogP contribution is -2.40. The van der Waals surface area contributed by atoms with Crippen molar-refractivity contribution in [3.63, 3.8) is 0 Å².